The van der Waals surface area contributed by atoms with Crippen molar-refractivity contribution < 1.29 is 17.9 Å². The third-order valence-electron chi connectivity index (χ3n) is 5.46. The predicted molar refractivity (Wildman–Crippen MR) is 120 cm³/mol. The monoisotopic (exact) mass is 454 g/mol. The standard InChI is InChI=1S/C23H26N4O4S/c1-27-13-12-24-22(27)21(17-7-3-2-4-8-17)26-23(28)18-9-5-11-20(15-18)32(29,30)25-16-19-10-6-14-31-19/h2-5,7-9,11-13,15,19,21,25H,6,10,14,16H2,1H3,(H,26,28)/t19-,21+/m0/s1. The number of carbonyl (C=O) groups excluding carboxylic acids is 1. The highest BCUT2D eigenvalue weighted by atomic mass is 32.2. The first-order chi connectivity index (χ1) is 15.4. The lowest BCUT2D eigenvalue weighted by Gasteiger charge is -2.19. The van der Waals surface area contributed by atoms with Crippen molar-refractivity contribution >= 4 is 15.9 Å². The highest BCUT2D eigenvalue weighted by Crippen LogP contribution is 2.21. The zero-order valence-corrected chi connectivity index (χ0v) is 18.6. The topological polar surface area (TPSA) is 102 Å². The molecule has 0 saturated carbocycles. The second-order valence-electron chi connectivity index (χ2n) is 7.73. The molecule has 0 aliphatic carbocycles. The number of aryl methyl sites for hydroxylation is 1. The third-order valence-corrected chi connectivity index (χ3v) is 6.88. The van der Waals surface area contributed by atoms with Crippen LogP contribution in [0.1, 0.15) is 40.6 Å². The second-order valence-corrected chi connectivity index (χ2v) is 9.50. The molecule has 2 aromatic carbocycles. The van der Waals surface area contributed by atoms with Crippen LogP contribution in [0, 0.1) is 0 Å². The number of sulfonamides is 1. The SMILES string of the molecule is Cn1ccnc1[C@H](NC(=O)c1cccc(S(=O)(=O)NC[C@@H]2CCCO2)c1)c1ccccc1. The van der Waals surface area contributed by atoms with Gasteiger partial charge in [-0.15, -0.1) is 0 Å². The molecule has 1 aliphatic heterocycles. The average Bonchev–Trinajstić information content (AvgIpc) is 3.48. The van der Waals surface area contributed by atoms with E-state index in [1.54, 1.807) is 18.3 Å². The molecule has 0 bridgehead atoms. The van der Waals surface area contributed by atoms with Gasteiger partial charge in [-0.3, -0.25) is 4.79 Å². The Labute approximate surface area is 187 Å². The van der Waals surface area contributed by atoms with Gasteiger partial charge in [0.1, 0.15) is 11.9 Å². The fraction of sp³-hybridized carbons (Fsp3) is 0.304. The summed E-state index contributed by atoms with van der Waals surface area (Å²) in [5, 5.41) is 2.99. The van der Waals surface area contributed by atoms with Gasteiger partial charge in [-0.25, -0.2) is 18.1 Å². The van der Waals surface area contributed by atoms with E-state index in [1.165, 1.54) is 12.1 Å². The van der Waals surface area contributed by atoms with E-state index in [0.717, 1.165) is 18.4 Å². The first-order valence-corrected chi connectivity index (χ1v) is 12.0. The van der Waals surface area contributed by atoms with Crippen molar-refractivity contribution in [2.75, 3.05) is 13.2 Å². The first kappa shape index (κ1) is 22.2. The maximum atomic E-state index is 13.1. The van der Waals surface area contributed by atoms with Crippen LogP contribution in [0.2, 0.25) is 0 Å². The number of nitrogens with one attached hydrogen (secondary N) is 2. The van der Waals surface area contributed by atoms with E-state index in [1.807, 2.05) is 48.1 Å². The number of amides is 1. The number of carbonyl (C=O) groups is 1. The molecule has 9 heteroatoms. The Morgan fingerprint density at radius 3 is 2.72 bits per heavy atom. The molecule has 0 radical (unpaired) electrons. The zero-order chi connectivity index (χ0) is 22.6. The largest absolute Gasteiger partial charge is 0.377 e. The van der Waals surface area contributed by atoms with E-state index in [0.29, 0.717) is 12.4 Å². The van der Waals surface area contributed by atoms with Crippen LogP contribution >= 0.6 is 0 Å². The fourth-order valence-corrected chi connectivity index (χ4v) is 4.82. The molecular weight excluding hydrogens is 428 g/mol. The van der Waals surface area contributed by atoms with Crippen molar-refractivity contribution in [3.05, 3.63) is 83.9 Å². The van der Waals surface area contributed by atoms with Crippen molar-refractivity contribution in [3.63, 3.8) is 0 Å². The number of nitrogens with zero attached hydrogens (tertiary/aromatic N) is 2. The van der Waals surface area contributed by atoms with Crippen LogP contribution in [0.4, 0.5) is 0 Å². The molecular formula is C23H26N4O4S. The fourth-order valence-electron chi connectivity index (χ4n) is 3.71. The second kappa shape index (κ2) is 9.64. The lowest BCUT2D eigenvalue weighted by Crippen LogP contribution is -2.33. The Morgan fingerprint density at radius 2 is 2.03 bits per heavy atom. The molecule has 1 amide bonds. The summed E-state index contributed by atoms with van der Waals surface area (Å²) < 4.78 is 35.4. The van der Waals surface area contributed by atoms with E-state index in [9.17, 15) is 13.2 Å². The van der Waals surface area contributed by atoms with Gasteiger partial charge in [0.15, 0.2) is 0 Å². The van der Waals surface area contributed by atoms with Gasteiger partial charge < -0.3 is 14.6 Å². The first-order valence-electron chi connectivity index (χ1n) is 10.5. The molecule has 0 unspecified atom stereocenters. The summed E-state index contributed by atoms with van der Waals surface area (Å²) >= 11 is 0. The van der Waals surface area contributed by atoms with E-state index >= 15 is 0 Å². The summed E-state index contributed by atoms with van der Waals surface area (Å²) in [6.45, 7) is 0.870. The normalized spacial score (nSPS) is 17.2. The van der Waals surface area contributed by atoms with Gasteiger partial charge in [-0.2, -0.15) is 0 Å². The van der Waals surface area contributed by atoms with Crippen LogP contribution in [0.5, 0.6) is 0 Å². The van der Waals surface area contributed by atoms with E-state index < -0.39 is 22.0 Å². The summed E-state index contributed by atoms with van der Waals surface area (Å²) in [7, 11) is -1.90. The summed E-state index contributed by atoms with van der Waals surface area (Å²) in [5.74, 6) is 0.282. The number of aromatic nitrogens is 2. The highest BCUT2D eigenvalue weighted by Gasteiger charge is 2.24. The number of imidazole rings is 1. The molecule has 2 N–H and O–H groups in total. The Morgan fingerprint density at radius 1 is 1.22 bits per heavy atom. The Hall–Kier alpha value is -3.01. The minimum Gasteiger partial charge on any atom is -0.377 e. The zero-order valence-electron chi connectivity index (χ0n) is 17.8. The van der Waals surface area contributed by atoms with Gasteiger partial charge in [-0.1, -0.05) is 36.4 Å². The molecule has 4 rings (SSSR count). The van der Waals surface area contributed by atoms with Crippen LogP contribution in [0.25, 0.3) is 0 Å². The third kappa shape index (κ3) is 5.07. The number of benzene rings is 2. The van der Waals surface area contributed by atoms with Crippen LogP contribution in [-0.2, 0) is 21.8 Å². The van der Waals surface area contributed by atoms with Crippen LogP contribution in [-0.4, -0.2) is 43.1 Å². The molecule has 168 valence electrons. The Bertz CT molecular complexity index is 1170. The highest BCUT2D eigenvalue weighted by molar-refractivity contribution is 7.89. The maximum absolute atomic E-state index is 13.1. The smallest absolute Gasteiger partial charge is 0.252 e. The number of hydrogen-bond donors (Lipinski definition) is 2. The van der Waals surface area contributed by atoms with Gasteiger partial charge in [0.05, 0.1) is 11.0 Å². The number of ether oxygens (including phenoxy) is 1. The van der Waals surface area contributed by atoms with Crippen LogP contribution in [0.15, 0.2) is 71.9 Å². The summed E-state index contributed by atoms with van der Waals surface area (Å²) in [4.78, 5) is 17.5. The van der Waals surface area contributed by atoms with Crippen molar-refractivity contribution in [2.45, 2.75) is 29.9 Å². The van der Waals surface area contributed by atoms with Gasteiger partial charge in [0, 0.05) is 38.2 Å². The van der Waals surface area contributed by atoms with E-state index in [2.05, 4.69) is 15.0 Å². The van der Waals surface area contributed by atoms with E-state index in [-0.39, 0.29) is 23.1 Å². The molecule has 1 fully saturated rings. The van der Waals surface area contributed by atoms with Gasteiger partial charge in [0.25, 0.3) is 5.91 Å². The Balaban J connectivity index is 1.54. The maximum Gasteiger partial charge on any atom is 0.252 e. The van der Waals surface area contributed by atoms with Crippen LogP contribution in [0.3, 0.4) is 0 Å². The summed E-state index contributed by atoms with van der Waals surface area (Å²) in [5.41, 5.74) is 1.12. The van der Waals surface area contributed by atoms with Crippen molar-refractivity contribution in [3.8, 4) is 0 Å². The van der Waals surface area contributed by atoms with Crippen molar-refractivity contribution in [1.29, 1.82) is 0 Å². The van der Waals surface area contributed by atoms with Gasteiger partial charge in [-0.05, 0) is 36.6 Å². The molecule has 1 saturated heterocycles. The van der Waals surface area contributed by atoms with Gasteiger partial charge >= 0.3 is 0 Å². The average molecular weight is 455 g/mol. The quantitative estimate of drug-likeness (QED) is 0.544. The minimum absolute atomic E-state index is 0.0383. The molecule has 32 heavy (non-hydrogen) atoms. The van der Waals surface area contributed by atoms with Crippen molar-refractivity contribution in [1.82, 2.24) is 19.6 Å². The summed E-state index contributed by atoms with van der Waals surface area (Å²) in [6, 6.07) is 15.0. The Kier molecular flexibility index (Phi) is 6.69. The summed E-state index contributed by atoms with van der Waals surface area (Å²) in [6.07, 6.45) is 5.13. The number of rotatable bonds is 8. The molecule has 1 aliphatic rings. The molecule has 1 aromatic heterocycles. The van der Waals surface area contributed by atoms with Gasteiger partial charge in [0.2, 0.25) is 10.0 Å². The lowest BCUT2D eigenvalue weighted by molar-refractivity contribution is 0.0941. The predicted octanol–water partition coefficient (Wildman–Crippen LogP) is 2.40. The van der Waals surface area contributed by atoms with E-state index in [4.69, 9.17) is 4.74 Å². The number of hydrogen-bond acceptors (Lipinski definition) is 5. The molecule has 8 nitrogen and oxygen atoms in total. The van der Waals surface area contributed by atoms with Crippen LogP contribution < -0.4 is 10.0 Å². The molecule has 0 spiro atoms. The molecule has 2 heterocycles. The van der Waals surface area contributed by atoms with Crippen molar-refractivity contribution in [2.24, 2.45) is 7.05 Å². The minimum atomic E-state index is -3.76. The molecule has 2 atom stereocenters. The lowest BCUT2D eigenvalue weighted by atomic mass is 10.1. The molecule has 3 aromatic rings.